The fourth-order valence-corrected chi connectivity index (χ4v) is 0.118. The Balaban J connectivity index is 0. The van der Waals surface area contributed by atoms with E-state index in [9.17, 15) is 0 Å². The van der Waals surface area contributed by atoms with E-state index < -0.39 is 0 Å². The third-order valence-corrected chi connectivity index (χ3v) is 0.333. The van der Waals surface area contributed by atoms with Gasteiger partial charge in [0.15, 0.2) is 0 Å². The highest BCUT2D eigenvalue weighted by atomic mass is 13.6. The van der Waals surface area contributed by atoms with Gasteiger partial charge in [0.05, 0.1) is 0 Å². The van der Waals surface area contributed by atoms with Gasteiger partial charge in [0, 0.05) is 0 Å². The topological polar surface area (TPSA) is 0 Å². The lowest BCUT2D eigenvalue weighted by atomic mass is 10.4. The molecule has 0 heterocycles. The van der Waals surface area contributed by atoms with Crippen LogP contribution < -0.4 is 0 Å². The Morgan fingerprint density at radius 3 is 1.50 bits per heavy atom. The van der Waals surface area contributed by atoms with Gasteiger partial charge >= 0.3 is 0 Å². The quantitative estimate of drug-likeness (QED) is 0.450. The molecule has 0 bridgehead atoms. The van der Waals surface area contributed by atoms with E-state index in [2.05, 4.69) is 13.2 Å². The fourth-order valence-electron chi connectivity index (χ4n) is 0.118. The molecule has 0 radical (unpaired) electrons. The van der Waals surface area contributed by atoms with E-state index in [-0.39, 0.29) is 7.43 Å². The van der Waals surface area contributed by atoms with Gasteiger partial charge in [0.1, 0.15) is 0 Å². The molecule has 0 saturated carbocycles. The largest absolute Gasteiger partial charge is 0.103 e. The molecule has 0 aromatic carbocycles. The minimum absolute atomic E-state index is 0. The van der Waals surface area contributed by atoms with Crippen molar-refractivity contribution in [1.29, 1.82) is 0 Å². The van der Waals surface area contributed by atoms with Crippen LogP contribution in [-0.2, 0) is 0 Å². The number of allylic oxidation sites excluding steroid dienone is 2. The molecule has 0 nitrogen and oxygen atoms in total. The molecule has 0 atom stereocenters. The molecule has 0 aliphatic carbocycles. The Labute approximate surface area is 40.2 Å². The zero-order valence-electron chi connectivity index (χ0n) is 3.28. The van der Waals surface area contributed by atoms with Gasteiger partial charge in [-0.2, -0.15) is 0 Å². The molecule has 6 heavy (non-hydrogen) atoms. The Morgan fingerprint density at radius 1 is 1.17 bits per heavy atom. The summed E-state index contributed by atoms with van der Waals surface area (Å²) in [5.74, 6) is 0. The molecule has 0 aromatic rings. The van der Waals surface area contributed by atoms with E-state index in [0.717, 1.165) is 6.42 Å². The predicted octanol–water partition coefficient (Wildman–Crippen LogP) is 2.38. The maximum Gasteiger partial charge on any atom is -0.0175 e. The van der Waals surface area contributed by atoms with Crippen molar-refractivity contribution in [3.63, 3.8) is 0 Å². The first-order valence-corrected chi connectivity index (χ1v) is 1.63. The zero-order valence-corrected chi connectivity index (χ0v) is 3.28. The van der Waals surface area contributed by atoms with Crippen LogP contribution in [0.15, 0.2) is 25.3 Å². The van der Waals surface area contributed by atoms with Crippen LogP contribution >= 0.6 is 0 Å². The standard InChI is InChI=1S/C5H8.CH4/c1-3-5-4-2;/h3-4H,1-2,5H2;1H4. The summed E-state index contributed by atoms with van der Waals surface area (Å²) in [5.41, 5.74) is 0. The fraction of sp³-hybridized carbons (Fsp3) is 0.333. The van der Waals surface area contributed by atoms with Crippen LogP contribution in [0.25, 0.3) is 0 Å². The van der Waals surface area contributed by atoms with Gasteiger partial charge in [-0.25, -0.2) is 0 Å². The normalized spacial score (nSPS) is 5.33. The molecule has 0 N–H and O–H groups in total. The summed E-state index contributed by atoms with van der Waals surface area (Å²) in [4.78, 5) is 0. The second kappa shape index (κ2) is 8.82. The van der Waals surface area contributed by atoms with Crippen LogP contribution in [0, 0.1) is 0 Å². The molecular weight excluding hydrogens is 72.1 g/mol. The first kappa shape index (κ1) is 9.08. The molecule has 0 aliphatic heterocycles. The monoisotopic (exact) mass is 84.1 g/mol. The highest BCUT2D eigenvalue weighted by molar-refractivity contribution is 4.79. The lowest BCUT2D eigenvalue weighted by Gasteiger charge is -1.64. The van der Waals surface area contributed by atoms with Crippen LogP contribution in [0.1, 0.15) is 13.8 Å². The van der Waals surface area contributed by atoms with Crippen molar-refractivity contribution in [2.45, 2.75) is 13.8 Å². The Bertz CT molecular complexity index is 29.3. The van der Waals surface area contributed by atoms with E-state index in [0.29, 0.717) is 0 Å². The van der Waals surface area contributed by atoms with E-state index in [4.69, 9.17) is 0 Å². The van der Waals surface area contributed by atoms with E-state index in [1.165, 1.54) is 0 Å². The van der Waals surface area contributed by atoms with Gasteiger partial charge < -0.3 is 0 Å². The minimum atomic E-state index is 0. The Kier molecular flexibility index (Phi) is 13.4. The van der Waals surface area contributed by atoms with Crippen molar-refractivity contribution in [2.75, 3.05) is 0 Å². The van der Waals surface area contributed by atoms with E-state index in [1.54, 1.807) is 0 Å². The van der Waals surface area contributed by atoms with Gasteiger partial charge in [-0.15, -0.1) is 13.2 Å². The van der Waals surface area contributed by atoms with Crippen molar-refractivity contribution in [3.8, 4) is 0 Å². The summed E-state index contributed by atoms with van der Waals surface area (Å²) in [6, 6.07) is 0. The molecule has 0 aliphatic rings. The van der Waals surface area contributed by atoms with Crippen molar-refractivity contribution in [3.05, 3.63) is 25.3 Å². The molecule has 0 heteroatoms. The number of hydrogen-bond donors (Lipinski definition) is 0. The van der Waals surface area contributed by atoms with Crippen LogP contribution in [0.5, 0.6) is 0 Å². The summed E-state index contributed by atoms with van der Waals surface area (Å²) in [6.07, 6.45) is 4.54. The molecule has 36 valence electrons. The van der Waals surface area contributed by atoms with Crippen LogP contribution in [0.3, 0.4) is 0 Å². The summed E-state index contributed by atoms with van der Waals surface area (Å²) >= 11 is 0. The van der Waals surface area contributed by atoms with Crippen molar-refractivity contribution < 1.29 is 0 Å². The minimum Gasteiger partial charge on any atom is -0.103 e. The summed E-state index contributed by atoms with van der Waals surface area (Å²) in [7, 11) is 0. The highest BCUT2D eigenvalue weighted by Crippen LogP contribution is 1.73. The average molecular weight is 84.2 g/mol. The third kappa shape index (κ3) is 9.77. The molecule has 0 aromatic heterocycles. The molecule has 0 unspecified atom stereocenters. The first-order chi connectivity index (χ1) is 2.41. The van der Waals surface area contributed by atoms with Gasteiger partial charge in [-0.1, -0.05) is 19.6 Å². The van der Waals surface area contributed by atoms with E-state index >= 15 is 0 Å². The SMILES string of the molecule is C.C=CCC=C. The van der Waals surface area contributed by atoms with Gasteiger partial charge in [-0.3, -0.25) is 0 Å². The molecular formula is C6H12. The van der Waals surface area contributed by atoms with Crippen molar-refractivity contribution >= 4 is 0 Å². The molecule has 0 rings (SSSR count). The molecule has 0 spiro atoms. The Morgan fingerprint density at radius 2 is 1.50 bits per heavy atom. The molecule has 0 fully saturated rings. The second-order valence-corrected chi connectivity index (χ2v) is 0.813. The van der Waals surface area contributed by atoms with Crippen LogP contribution in [0.2, 0.25) is 0 Å². The lowest BCUT2D eigenvalue weighted by molar-refractivity contribution is 1.42. The average Bonchev–Trinajstić information content (AvgIpc) is 1.41. The van der Waals surface area contributed by atoms with Crippen LogP contribution in [0.4, 0.5) is 0 Å². The van der Waals surface area contributed by atoms with Crippen LogP contribution in [-0.4, -0.2) is 0 Å². The lowest BCUT2D eigenvalue weighted by Crippen LogP contribution is -1.43. The molecule has 0 amide bonds. The number of rotatable bonds is 2. The zero-order chi connectivity index (χ0) is 4.12. The smallest absolute Gasteiger partial charge is 0.0175 e. The van der Waals surface area contributed by atoms with Crippen molar-refractivity contribution in [1.82, 2.24) is 0 Å². The summed E-state index contributed by atoms with van der Waals surface area (Å²) < 4.78 is 0. The Hall–Kier alpha value is -0.520. The maximum absolute atomic E-state index is 3.48. The summed E-state index contributed by atoms with van der Waals surface area (Å²) in [5, 5.41) is 0. The predicted molar refractivity (Wildman–Crippen MR) is 31.7 cm³/mol. The maximum atomic E-state index is 3.48. The van der Waals surface area contributed by atoms with Crippen molar-refractivity contribution in [2.24, 2.45) is 0 Å². The first-order valence-electron chi connectivity index (χ1n) is 1.63. The van der Waals surface area contributed by atoms with Gasteiger partial charge in [-0.05, 0) is 6.42 Å². The van der Waals surface area contributed by atoms with E-state index in [1.807, 2.05) is 12.2 Å². The summed E-state index contributed by atoms with van der Waals surface area (Å²) in [6.45, 7) is 6.96. The third-order valence-electron chi connectivity index (χ3n) is 0.333. The molecule has 0 saturated heterocycles. The number of hydrogen-bond acceptors (Lipinski definition) is 0. The van der Waals surface area contributed by atoms with Gasteiger partial charge in [0.25, 0.3) is 0 Å². The van der Waals surface area contributed by atoms with Gasteiger partial charge in [0.2, 0.25) is 0 Å². The second-order valence-electron chi connectivity index (χ2n) is 0.813. The highest BCUT2D eigenvalue weighted by Gasteiger charge is 1.52.